The van der Waals surface area contributed by atoms with Gasteiger partial charge in [-0.25, -0.2) is 15.0 Å². The van der Waals surface area contributed by atoms with Gasteiger partial charge in [-0.3, -0.25) is 9.47 Å². The average Bonchev–Trinajstić information content (AvgIpc) is 3.26. The summed E-state index contributed by atoms with van der Waals surface area (Å²) in [7, 11) is 0. The Labute approximate surface area is 210 Å². The van der Waals surface area contributed by atoms with Crippen LogP contribution in [0.2, 0.25) is 0 Å². The smallest absolute Gasteiger partial charge is 0.165 e. The minimum absolute atomic E-state index is 0.458. The van der Waals surface area contributed by atoms with Gasteiger partial charge in [0.15, 0.2) is 11.5 Å². The molecule has 0 spiro atoms. The Morgan fingerprint density at radius 2 is 1.97 bits per heavy atom. The minimum Gasteiger partial charge on any atom is -0.383 e. The van der Waals surface area contributed by atoms with Crippen LogP contribution in [-0.2, 0) is 6.54 Å². The number of benzene rings is 1. The molecule has 0 radical (unpaired) electrons. The molecule has 0 saturated carbocycles. The third-order valence-corrected chi connectivity index (χ3v) is 7.73. The van der Waals surface area contributed by atoms with Crippen molar-refractivity contribution in [3.05, 3.63) is 84.2 Å². The van der Waals surface area contributed by atoms with Crippen LogP contribution >= 0.6 is 0 Å². The van der Waals surface area contributed by atoms with E-state index in [1.807, 2.05) is 12.1 Å². The number of anilines is 1. The lowest BCUT2D eigenvalue weighted by Gasteiger charge is -2.56. The number of nitrogens with one attached hydrogen (secondary N) is 1. The summed E-state index contributed by atoms with van der Waals surface area (Å²) in [5.74, 6) is 1.77. The van der Waals surface area contributed by atoms with E-state index in [9.17, 15) is 0 Å². The summed E-state index contributed by atoms with van der Waals surface area (Å²) >= 11 is 0. The predicted molar refractivity (Wildman–Crippen MR) is 143 cm³/mol. The summed E-state index contributed by atoms with van der Waals surface area (Å²) in [4.78, 5) is 16.9. The van der Waals surface area contributed by atoms with E-state index in [4.69, 9.17) is 15.7 Å². The molecule has 36 heavy (non-hydrogen) atoms. The molecule has 7 rings (SSSR count). The van der Waals surface area contributed by atoms with E-state index in [-0.39, 0.29) is 0 Å². The fourth-order valence-electron chi connectivity index (χ4n) is 5.44. The molecule has 2 fully saturated rings. The van der Waals surface area contributed by atoms with E-state index >= 15 is 0 Å². The number of nitrogen functional groups attached to an aromatic ring is 1. The van der Waals surface area contributed by atoms with Crippen molar-refractivity contribution < 1.29 is 0 Å². The summed E-state index contributed by atoms with van der Waals surface area (Å²) in [5, 5.41) is 3.48. The van der Waals surface area contributed by atoms with Crippen molar-refractivity contribution in [2.24, 2.45) is 5.92 Å². The van der Waals surface area contributed by atoms with Gasteiger partial charge in [0.1, 0.15) is 11.3 Å². The first-order valence-electron chi connectivity index (χ1n) is 12.7. The molecule has 2 unspecified atom stereocenters. The van der Waals surface area contributed by atoms with E-state index in [1.54, 1.807) is 6.20 Å². The highest BCUT2D eigenvalue weighted by Crippen LogP contribution is 2.32. The lowest BCUT2D eigenvalue weighted by atomic mass is 9.88. The molecular formula is C29H29N7. The van der Waals surface area contributed by atoms with E-state index < -0.39 is 0 Å². The fraction of sp³-hybridized carbons (Fsp3) is 0.276. The van der Waals surface area contributed by atoms with Crippen LogP contribution in [0.3, 0.4) is 0 Å². The number of imidazole rings is 1. The van der Waals surface area contributed by atoms with E-state index in [0.717, 1.165) is 65.6 Å². The first-order valence-corrected chi connectivity index (χ1v) is 12.7. The molecule has 5 heterocycles. The second-order valence-electron chi connectivity index (χ2n) is 10.2. The standard InChI is InChI=1S/C29H29N7/c1-18-4-8-20(9-5-18)23-12-13-24-29(33-23)36(28(34-24)22-3-2-14-31-27(22)30)21-10-6-19(7-11-21)16-35-17-25-26(35)15-32-25/h2-4,6-14,18,25-26,32H,5,15-17H2,1H3,(H2,30,31)/t18?,25?,26-/m1/s1. The van der Waals surface area contributed by atoms with Gasteiger partial charge in [-0.2, -0.15) is 0 Å². The molecule has 2 saturated heterocycles. The Hall–Kier alpha value is -3.81. The number of nitrogens with zero attached hydrogens (tertiary/aromatic N) is 5. The van der Waals surface area contributed by atoms with Crippen LogP contribution in [0.25, 0.3) is 33.8 Å². The topological polar surface area (TPSA) is 84.9 Å². The predicted octanol–water partition coefficient (Wildman–Crippen LogP) is 4.20. The molecule has 7 heteroatoms. The third-order valence-electron chi connectivity index (χ3n) is 7.73. The van der Waals surface area contributed by atoms with Gasteiger partial charge in [-0.15, -0.1) is 0 Å². The van der Waals surface area contributed by atoms with Gasteiger partial charge < -0.3 is 11.1 Å². The summed E-state index contributed by atoms with van der Waals surface area (Å²) in [6.45, 7) is 5.46. The van der Waals surface area contributed by atoms with Crippen LogP contribution in [0.5, 0.6) is 0 Å². The highest BCUT2D eigenvalue weighted by molar-refractivity contribution is 5.85. The molecule has 3 N–H and O–H groups in total. The number of rotatable bonds is 5. The Morgan fingerprint density at radius 1 is 1.08 bits per heavy atom. The fourth-order valence-corrected chi connectivity index (χ4v) is 5.44. The summed E-state index contributed by atoms with van der Waals surface area (Å²) in [6, 6.07) is 18.1. The van der Waals surface area contributed by atoms with Gasteiger partial charge in [0, 0.05) is 43.6 Å². The first kappa shape index (κ1) is 21.5. The molecular weight excluding hydrogens is 446 g/mol. The molecule has 1 aliphatic carbocycles. The molecule has 3 atom stereocenters. The molecule has 0 amide bonds. The third kappa shape index (κ3) is 3.54. The van der Waals surface area contributed by atoms with Crippen LogP contribution in [0.1, 0.15) is 24.6 Å². The van der Waals surface area contributed by atoms with Crippen molar-refractivity contribution in [2.75, 3.05) is 18.8 Å². The molecule has 180 valence electrons. The Morgan fingerprint density at radius 3 is 2.67 bits per heavy atom. The van der Waals surface area contributed by atoms with Gasteiger partial charge in [-0.1, -0.05) is 37.3 Å². The second kappa shape index (κ2) is 8.40. The highest BCUT2D eigenvalue weighted by atomic mass is 15.3. The number of pyridine rings is 2. The monoisotopic (exact) mass is 475 g/mol. The zero-order valence-electron chi connectivity index (χ0n) is 20.3. The van der Waals surface area contributed by atoms with Crippen molar-refractivity contribution in [3.63, 3.8) is 0 Å². The number of aromatic nitrogens is 4. The highest BCUT2D eigenvalue weighted by Gasteiger charge is 2.44. The van der Waals surface area contributed by atoms with Crippen LogP contribution in [-0.4, -0.2) is 49.6 Å². The maximum atomic E-state index is 6.30. The van der Waals surface area contributed by atoms with Gasteiger partial charge in [-0.05, 0) is 59.9 Å². The lowest BCUT2D eigenvalue weighted by molar-refractivity contribution is -0.0236. The Kier molecular flexibility index (Phi) is 5.01. The number of hydrogen-bond donors (Lipinski definition) is 2. The van der Waals surface area contributed by atoms with Crippen LogP contribution in [0.15, 0.2) is 73.0 Å². The number of likely N-dealkylation sites (tertiary alicyclic amines) is 1. The van der Waals surface area contributed by atoms with Crippen LogP contribution in [0.4, 0.5) is 5.82 Å². The molecule has 3 aliphatic rings. The van der Waals surface area contributed by atoms with Crippen molar-refractivity contribution >= 4 is 22.6 Å². The summed E-state index contributed by atoms with van der Waals surface area (Å²) in [5.41, 5.74) is 13.2. The summed E-state index contributed by atoms with van der Waals surface area (Å²) < 4.78 is 2.11. The van der Waals surface area contributed by atoms with Gasteiger partial charge >= 0.3 is 0 Å². The first-order chi connectivity index (χ1) is 17.6. The molecule has 2 aliphatic heterocycles. The number of nitrogens with two attached hydrogens (primary N) is 1. The number of fused-ring (bicyclic) bond motifs is 2. The maximum absolute atomic E-state index is 6.30. The van der Waals surface area contributed by atoms with Gasteiger partial charge in [0.2, 0.25) is 0 Å². The van der Waals surface area contributed by atoms with Crippen molar-refractivity contribution in [1.82, 2.24) is 29.7 Å². The number of hydrogen-bond acceptors (Lipinski definition) is 6. The van der Waals surface area contributed by atoms with Crippen molar-refractivity contribution in [3.8, 4) is 17.1 Å². The van der Waals surface area contributed by atoms with E-state index in [1.165, 1.54) is 5.56 Å². The van der Waals surface area contributed by atoms with Gasteiger partial charge in [0.25, 0.3) is 0 Å². The zero-order valence-corrected chi connectivity index (χ0v) is 20.3. The molecule has 1 aromatic carbocycles. The quantitative estimate of drug-likeness (QED) is 0.450. The molecule has 0 bridgehead atoms. The van der Waals surface area contributed by atoms with Crippen LogP contribution < -0.4 is 11.1 Å². The average molecular weight is 476 g/mol. The molecule has 3 aromatic heterocycles. The minimum atomic E-state index is 0.458. The van der Waals surface area contributed by atoms with Crippen molar-refractivity contribution in [1.29, 1.82) is 0 Å². The van der Waals surface area contributed by atoms with Gasteiger partial charge in [0.05, 0.1) is 11.3 Å². The SMILES string of the molecule is CC1C=CC(c2ccc3nc(-c4cccnc4N)n(-c4ccc(CN5CC6NC[C@H]65)cc4)c3n2)=CC1. The normalized spacial score (nSPS) is 23.1. The Bertz CT molecular complexity index is 1510. The Balaban J connectivity index is 1.31. The molecule has 7 nitrogen and oxygen atoms in total. The van der Waals surface area contributed by atoms with Crippen LogP contribution in [0, 0.1) is 5.92 Å². The largest absolute Gasteiger partial charge is 0.383 e. The molecule has 4 aromatic rings. The number of allylic oxidation sites excluding steroid dienone is 4. The lowest BCUT2D eigenvalue weighted by Crippen LogP contribution is -2.77. The second-order valence-corrected chi connectivity index (χ2v) is 10.2. The summed E-state index contributed by atoms with van der Waals surface area (Å²) in [6.07, 6.45) is 9.43. The number of piperazine rings is 1. The van der Waals surface area contributed by atoms with E-state index in [0.29, 0.717) is 23.8 Å². The van der Waals surface area contributed by atoms with E-state index in [2.05, 4.69) is 81.3 Å². The maximum Gasteiger partial charge on any atom is 0.165 e. The van der Waals surface area contributed by atoms with Crippen molar-refractivity contribution in [2.45, 2.75) is 32.0 Å². The zero-order chi connectivity index (χ0) is 24.2.